The third-order valence-electron chi connectivity index (χ3n) is 4.94. The summed E-state index contributed by atoms with van der Waals surface area (Å²) < 4.78 is 23.1. The Balaban J connectivity index is 1.48. The van der Waals surface area contributed by atoms with Crippen LogP contribution in [0.25, 0.3) is 0 Å². The normalized spacial score (nSPS) is 24.4. The Hall–Kier alpha value is -0.910. The lowest BCUT2D eigenvalue weighted by Crippen LogP contribution is -2.50. The third kappa shape index (κ3) is 4.09. The van der Waals surface area contributed by atoms with Crippen molar-refractivity contribution in [1.82, 2.24) is 9.80 Å². The average molecular weight is 322 g/mol. The van der Waals surface area contributed by atoms with E-state index in [2.05, 4.69) is 41.0 Å². The Labute approximate surface area is 134 Å². The van der Waals surface area contributed by atoms with Gasteiger partial charge in [-0.1, -0.05) is 29.8 Å². The van der Waals surface area contributed by atoms with Gasteiger partial charge in [0.15, 0.2) is 9.84 Å². The second kappa shape index (κ2) is 6.69. The van der Waals surface area contributed by atoms with Gasteiger partial charge in [0, 0.05) is 25.7 Å². The molecule has 0 unspecified atom stereocenters. The molecule has 0 radical (unpaired) electrons. The van der Waals surface area contributed by atoms with E-state index >= 15 is 0 Å². The SMILES string of the molecule is Cc1cccc(CN2CCC(N3CCS(=O)(=O)CC3)CC2)c1. The predicted octanol–water partition coefficient (Wildman–Crippen LogP) is 1.69. The Morgan fingerprint density at radius 1 is 1.09 bits per heavy atom. The minimum absolute atomic E-state index is 0.344. The molecular formula is C17H26N2O2S. The van der Waals surface area contributed by atoms with E-state index in [4.69, 9.17) is 0 Å². The minimum Gasteiger partial charge on any atom is -0.299 e. The van der Waals surface area contributed by atoms with Crippen LogP contribution in [0.3, 0.4) is 0 Å². The molecule has 2 aliphatic rings. The van der Waals surface area contributed by atoms with Crippen LogP contribution >= 0.6 is 0 Å². The highest BCUT2D eigenvalue weighted by Gasteiger charge is 2.29. The fourth-order valence-corrected chi connectivity index (χ4v) is 4.83. The van der Waals surface area contributed by atoms with Gasteiger partial charge in [-0.2, -0.15) is 0 Å². The van der Waals surface area contributed by atoms with Crippen LogP contribution in [0, 0.1) is 6.92 Å². The Kier molecular flexibility index (Phi) is 4.85. The summed E-state index contributed by atoms with van der Waals surface area (Å²) in [6.45, 7) is 6.85. The number of hydrogen-bond donors (Lipinski definition) is 0. The summed E-state index contributed by atoms with van der Waals surface area (Å²) in [5, 5.41) is 0. The van der Waals surface area contributed by atoms with Gasteiger partial charge in [-0.15, -0.1) is 0 Å². The van der Waals surface area contributed by atoms with Crippen molar-refractivity contribution >= 4 is 9.84 Å². The van der Waals surface area contributed by atoms with Gasteiger partial charge in [-0.05, 0) is 38.4 Å². The van der Waals surface area contributed by atoms with Crippen LogP contribution < -0.4 is 0 Å². The predicted molar refractivity (Wildman–Crippen MR) is 89.7 cm³/mol. The lowest BCUT2D eigenvalue weighted by Gasteiger charge is -2.40. The second-order valence-corrected chi connectivity index (χ2v) is 8.99. The fraction of sp³-hybridized carbons (Fsp3) is 0.647. The molecule has 0 amide bonds. The molecule has 5 heteroatoms. The molecule has 3 rings (SSSR count). The van der Waals surface area contributed by atoms with Crippen molar-refractivity contribution in [3.8, 4) is 0 Å². The van der Waals surface area contributed by atoms with E-state index in [0.717, 1.165) is 45.6 Å². The molecule has 1 aromatic rings. The van der Waals surface area contributed by atoms with Crippen LogP contribution in [0.4, 0.5) is 0 Å². The topological polar surface area (TPSA) is 40.6 Å². The number of piperidine rings is 1. The molecule has 2 saturated heterocycles. The van der Waals surface area contributed by atoms with Crippen molar-refractivity contribution in [2.24, 2.45) is 0 Å². The average Bonchev–Trinajstić information content (AvgIpc) is 2.48. The van der Waals surface area contributed by atoms with Gasteiger partial charge in [0.05, 0.1) is 11.5 Å². The van der Waals surface area contributed by atoms with Crippen LogP contribution in [0.2, 0.25) is 0 Å². The van der Waals surface area contributed by atoms with Crippen LogP contribution in [0.5, 0.6) is 0 Å². The first-order valence-electron chi connectivity index (χ1n) is 8.24. The first-order chi connectivity index (χ1) is 10.5. The number of likely N-dealkylation sites (tertiary alicyclic amines) is 1. The molecular weight excluding hydrogens is 296 g/mol. The number of benzene rings is 1. The van der Waals surface area contributed by atoms with Gasteiger partial charge in [-0.25, -0.2) is 8.42 Å². The van der Waals surface area contributed by atoms with Gasteiger partial charge >= 0.3 is 0 Å². The van der Waals surface area contributed by atoms with Crippen molar-refractivity contribution < 1.29 is 8.42 Å². The van der Waals surface area contributed by atoms with Crippen LogP contribution in [-0.2, 0) is 16.4 Å². The summed E-state index contributed by atoms with van der Waals surface area (Å²) in [7, 11) is -2.76. The quantitative estimate of drug-likeness (QED) is 0.849. The molecule has 0 atom stereocenters. The molecule has 0 N–H and O–H groups in total. The van der Waals surface area contributed by atoms with Gasteiger partial charge in [0.25, 0.3) is 0 Å². The minimum atomic E-state index is -2.76. The Morgan fingerprint density at radius 3 is 2.41 bits per heavy atom. The van der Waals surface area contributed by atoms with Crippen molar-refractivity contribution in [3.05, 3.63) is 35.4 Å². The zero-order valence-corrected chi connectivity index (χ0v) is 14.2. The number of aryl methyl sites for hydroxylation is 1. The second-order valence-electron chi connectivity index (χ2n) is 6.68. The van der Waals surface area contributed by atoms with E-state index in [1.165, 1.54) is 11.1 Å². The summed E-state index contributed by atoms with van der Waals surface area (Å²) in [5.41, 5.74) is 2.71. The van der Waals surface area contributed by atoms with E-state index in [9.17, 15) is 8.42 Å². The molecule has 0 aliphatic carbocycles. The highest BCUT2D eigenvalue weighted by atomic mass is 32.2. The van der Waals surface area contributed by atoms with Crippen molar-refractivity contribution in [2.75, 3.05) is 37.7 Å². The molecule has 122 valence electrons. The van der Waals surface area contributed by atoms with Gasteiger partial charge in [-0.3, -0.25) is 9.80 Å². The van der Waals surface area contributed by atoms with Gasteiger partial charge in [0.1, 0.15) is 0 Å². The number of sulfone groups is 1. The van der Waals surface area contributed by atoms with E-state index in [1.807, 2.05) is 0 Å². The largest absolute Gasteiger partial charge is 0.299 e. The highest BCUT2D eigenvalue weighted by Crippen LogP contribution is 2.20. The molecule has 22 heavy (non-hydrogen) atoms. The lowest BCUT2D eigenvalue weighted by molar-refractivity contribution is 0.111. The summed E-state index contributed by atoms with van der Waals surface area (Å²) in [6, 6.07) is 9.31. The number of rotatable bonds is 3. The third-order valence-corrected chi connectivity index (χ3v) is 6.55. The standard InChI is InChI=1S/C17H26N2O2S/c1-15-3-2-4-16(13-15)14-18-7-5-17(6-8-18)19-9-11-22(20,21)12-10-19/h2-4,13,17H,5-12,14H2,1H3. The van der Waals surface area contributed by atoms with Crippen molar-refractivity contribution in [1.29, 1.82) is 0 Å². The molecule has 0 saturated carbocycles. The summed E-state index contributed by atoms with van der Waals surface area (Å²) in [4.78, 5) is 4.91. The first-order valence-corrected chi connectivity index (χ1v) is 10.1. The molecule has 2 heterocycles. The van der Waals surface area contributed by atoms with Crippen molar-refractivity contribution in [3.63, 3.8) is 0 Å². The van der Waals surface area contributed by atoms with Gasteiger partial charge in [0.2, 0.25) is 0 Å². The molecule has 0 bridgehead atoms. The van der Waals surface area contributed by atoms with Crippen LogP contribution in [-0.4, -0.2) is 61.9 Å². The van der Waals surface area contributed by atoms with Gasteiger partial charge < -0.3 is 0 Å². The zero-order valence-electron chi connectivity index (χ0n) is 13.4. The first kappa shape index (κ1) is 16.0. The maximum absolute atomic E-state index is 11.5. The Morgan fingerprint density at radius 2 is 1.77 bits per heavy atom. The maximum atomic E-state index is 11.5. The summed E-state index contributed by atoms with van der Waals surface area (Å²) in [6.07, 6.45) is 2.32. The summed E-state index contributed by atoms with van der Waals surface area (Å²) >= 11 is 0. The molecule has 4 nitrogen and oxygen atoms in total. The molecule has 0 aromatic heterocycles. The smallest absolute Gasteiger partial charge is 0.152 e. The van der Waals surface area contributed by atoms with E-state index in [1.54, 1.807) is 0 Å². The summed E-state index contributed by atoms with van der Waals surface area (Å²) in [5.74, 6) is 0.688. The Bertz CT molecular complexity index is 593. The van der Waals surface area contributed by atoms with E-state index in [-0.39, 0.29) is 0 Å². The molecule has 2 fully saturated rings. The molecule has 1 aromatic carbocycles. The van der Waals surface area contributed by atoms with E-state index < -0.39 is 9.84 Å². The molecule has 0 spiro atoms. The highest BCUT2D eigenvalue weighted by molar-refractivity contribution is 7.91. The maximum Gasteiger partial charge on any atom is 0.152 e. The zero-order chi connectivity index (χ0) is 15.6. The number of nitrogens with zero attached hydrogens (tertiary/aromatic N) is 2. The van der Waals surface area contributed by atoms with E-state index in [0.29, 0.717) is 17.5 Å². The lowest BCUT2D eigenvalue weighted by atomic mass is 10.0. The molecule has 2 aliphatic heterocycles. The van der Waals surface area contributed by atoms with Crippen LogP contribution in [0.15, 0.2) is 24.3 Å². The monoisotopic (exact) mass is 322 g/mol. The van der Waals surface area contributed by atoms with Crippen molar-refractivity contribution in [2.45, 2.75) is 32.4 Å². The van der Waals surface area contributed by atoms with Crippen LogP contribution in [0.1, 0.15) is 24.0 Å². The fourth-order valence-electron chi connectivity index (χ4n) is 3.60. The number of hydrogen-bond acceptors (Lipinski definition) is 4.